The van der Waals surface area contributed by atoms with Crippen LogP contribution in [0.15, 0.2) is 182 Å². The predicted octanol–water partition coefficient (Wildman–Crippen LogP) is 15.5. The van der Waals surface area contributed by atoms with Crippen LogP contribution in [0.25, 0.3) is 116 Å². The normalized spacial score (nSPS) is 14.4. The van der Waals surface area contributed by atoms with Gasteiger partial charge in [0.15, 0.2) is 11.6 Å². The molecule has 10 aromatic carbocycles. The van der Waals surface area contributed by atoms with Gasteiger partial charge in [-0.05, 0) is 99.7 Å². The maximum atomic E-state index is 5.53. The van der Waals surface area contributed by atoms with E-state index < -0.39 is 5.41 Å². The molecule has 2 aliphatic rings. The first kappa shape index (κ1) is 36.5. The Bertz CT molecular complexity index is 4060. The number of fused-ring (bicyclic) bond motifs is 20. The molecule has 0 saturated carbocycles. The van der Waals surface area contributed by atoms with Gasteiger partial charge in [-0.15, -0.1) is 0 Å². The molecule has 306 valence electrons. The first-order chi connectivity index (χ1) is 31.8. The summed E-state index contributed by atoms with van der Waals surface area (Å²) in [6.07, 6.45) is 0. The average molecular weight is 831 g/mol. The second-order valence-electron chi connectivity index (χ2n) is 19.1. The summed E-state index contributed by atoms with van der Waals surface area (Å²) in [6.45, 7) is 9.53. The molecule has 0 unspecified atom stereocenters. The molecule has 2 heterocycles. The zero-order valence-corrected chi connectivity index (χ0v) is 36.6. The minimum atomic E-state index is -0.428. The molecule has 0 aliphatic heterocycles. The van der Waals surface area contributed by atoms with E-state index in [1.807, 2.05) is 6.07 Å². The predicted molar refractivity (Wildman–Crippen MR) is 270 cm³/mol. The maximum absolute atomic E-state index is 5.53. The van der Waals surface area contributed by atoms with Crippen LogP contribution in [0.3, 0.4) is 0 Å². The van der Waals surface area contributed by atoms with E-state index in [1.165, 1.54) is 98.4 Å². The molecule has 0 N–H and O–H groups in total. The van der Waals surface area contributed by atoms with Crippen LogP contribution < -0.4 is 0 Å². The van der Waals surface area contributed by atoms with E-state index in [2.05, 4.69) is 208 Å². The topological polar surface area (TPSA) is 43.6 Å². The van der Waals surface area contributed by atoms with Crippen molar-refractivity contribution in [2.24, 2.45) is 0 Å². The molecule has 0 amide bonds. The SMILES string of the molecule is CC1(C)c2ccccc2-c2ccc(-c3nc(-c4ccccc4)nc(-n4c5ccccc5c5ccc6c(c54)C(C)(C)c4c-6c5ccccc5c5c6ccccc6c6ccccc6c45)n3)cc21. The van der Waals surface area contributed by atoms with E-state index in [1.54, 1.807) is 0 Å². The van der Waals surface area contributed by atoms with Crippen molar-refractivity contribution < 1.29 is 0 Å². The highest BCUT2D eigenvalue weighted by atomic mass is 15.2. The van der Waals surface area contributed by atoms with E-state index >= 15 is 0 Å². The molecule has 4 heteroatoms. The molecular weight excluding hydrogens is 789 g/mol. The van der Waals surface area contributed by atoms with Crippen molar-refractivity contribution in [1.82, 2.24) is 19.5 Å². The van der Waals surface area contributed by atoms with Crippen molar-refractivity contribution in [3.63, 3.8) is 0 Å². The minimum Gasteiger partial charge on any atom is -0.277 e. The highest BCUT2D eigenvalue weighted by Crippen LogP contribution is 2.59. The number of rotatable bonds is 3. The van der Waals surface area contributed by atoms with Crippen LogP contribution in [0.2, 0.25) is 0 Å². The van der Waals surface area contributed by atoms with Crippen molar-refractivity contribution in [2.45, 2.75) is 38.5 Å². The summed E-state index contributed by atoms with van der Waals surface area (Å²) in [5.41, 5.74) is 14.0. The summed E-state index contributed by atoms with van der Waals surface area (Å²) in [7, 11) is 0. The lowest BCUT2D eigenvalue weighted by atomic mass is 9.76. The molecule has 0 radical (unpaired) electrons. The van der Waals surface area contributed by atoms with Gasteiger partial charge in [0.1, 0.15) is 0 Å². The van der Waals surface area contributed by atoms with Gasteiger partial charge < -0.3 is 0 Å². The summed E-state index contributed by atoms with van der Waals surface area (Å²) in [5, 5.41) is 12.7. The van der Waals surface area contributed by atoms with Gasteiger partial charge in [0, 0.05) is 32.7 Å². The van der Waals surface area contributed by atoms with Gasteiger partial charge in [-0.3, -0.25) is 4.57 Å². The number of aromatic nitrogens is 4. The monoisotopic (exact) mass is 830 g/mol. The maximum Gasteiger partial charge on any atom is 0.238 e. The third-order valence-electron chi connectivity index (χ3n) is 15.0. The van der Waals surface area contributed by atoms with E-state index in [0.717, 1.165) is 22.2 Å². The summed E-state index contributed by atoms with van der Waals surface area (Å²) in [5.74, 6) is 1.90. The van der Waals surface area contributed by atoms with Gasteiger partial charge in [-0.25, -0.2) is 4.98 Å². The van der Waals surface area contributed by atoms with Gasteiger partial charge in [0.25, 0.3) is 0 Å². The Hall–Kier alpha value is -7.95. The van der Waals surface area contributed by atoms with Crippen molar-refractivity contribution in [3.05, 3.63) is 204 Å². The van der Waals surface area contributed by atoms with Crippen molar-refractivity contribution in [2.75, 3.05) is 0 Å². The molecular formula is C61H42N4. The van der Waals surface area contributed by atoms with E-state index in [9.17, 15) is 0 Å². The van der Waals surface area contributed by atoms with Gasteiger partial charge in [-0.2, -0.15) is 9.97 Å². The van der Waals surface area contributed by atoms with Crippen LogP contribution in [0.4, 0.5) is 0 Å². The molecule has 2 aromatic heterocycles. The summed E-state index contributed by atoms with van der Waals surface area (Å²) < 4.78 is 2.35. The first-order valence-corrected chi connectivity index (χ1v) is 22.7. The standard InChI is InChI=1S/C61H42N4/c1-60(2)48-28-16-14-22-39(48)40-31-30-36(34-49(40)60)58-62-57(35-18-6-5-7-19-35)63-59(64-58)65-50-29-17-15-23-41(50)46-32-33-47-52-45-27-13-12-26-44(45)51-42-24-10-8-20-37(42)38-21-9-11-25-43(38)53(51)55(52)61(3,4)54(47)56(46)65/h5-34H,1-4H3. The molecule has 4 nitrogen and oxygen atoms in total. The van der Waals surface area contributed by atoms with Gasteiger partial charge in [-0.1, -0.05) is 198 Å². The fourth-order valence-electron chi connectivity index (χ4n) is 12.1. The molecule has 65 heavy (non-hydrogen) atoms. The van der Waals surface area contributed by atoms with Crippen LogP contribution in [0, 0.1) is 0 Å². The molecule has 2 aliphatic carbocycles. The highest BCUT2D eigenvalue weighted by molar-refractivity contribution is 6.35. The fraction of sp³-hybridized carbons (Fsp3) is 0.0984. The third kappa shape index (κ3) is 4.78. The number of nitrogens with zero attached hydrogens (tertiary/aromatic N) is 4. The Labute approximate surface area is 376 Å². The van der Waals surface area contributed by atoms with Crippen molar-refractivity contribution >= 4 is 64.9 Å². The second kappa shape index (κ2) is 12.8. The first-order valence-electron chi connectivity index (χ1n) is 22.7. The Morgan fingerprint density at radius 1 is 0.369 bits per heavy atom. The zero-order valence-electron chi connectivity index (χ0n) is 36.6. The molecule has 0 fully saturated rings. The lowest BCUT2D eigenvalue weighted by Gasteiger charge is -2.26. The fourth-order valence-corrected chi connectivity index (χ4v) is 12.1. The Kier molecular flexibility index (Phi) is 7.21. The number of hydrogen-bond acceptors (Lipinski definition) is 3. The zero-order chi connectivity index (χ0) is 43.3. The largest absolute Gasteiger partial charge is 0.277 e. The lowest BCUT2D eigenvalue weighted by molar-refractivity contribution is 0.660. The molecule has 0 bridgehead atoms. The van der Waals surface area contributed by atoms with Crippen LogP contribution in [0.5, 0.6) is 0 Å². The quantitative estimate of drug-likeness (QED) is 0.167. The lowest BCUT2D eigenvalue weighted by Crippen LogP contribution is -2.18. The average Bonchev–Trinajstić information content (AvgIpc) is 3.90. The van der Waals surface area contributed by atoms with Crippen LogP contribution in [0.1, 0.15) is 49.9 Å². The minimum absolute atomic E-state index is 0.167. The van der Waals surface area contributed by atoms with Gasteiger partial charge in [0.2, 0.25) is 5.95 Å². The highest BCUT2D eigenvalue weighted by Gasteiger charge is 2.42. The molecule has 12 aromatic rings. The van der Waals surface area contributed by atoms with E-state index in [-0.39, 0.29) is 5.41 Å². The number of hydrogen-bond donors (Lipinski definition) is 0. The van der Waals surface area contributed by atoms with E-state index in [4.69, 9.17) is 15.0 Å². The Morgan fingerprint density at radius 2 is 0.923 bits per heavy atom. The van der Waals surface area contributed by atoms with Gasteiger partial charge >= 0.3 is 0 Å². The smallest absolute Gasteiger partial charge is 0.238 e. The second-order valence-corrected chi connectivity index (χ2v) is 19.1. The van der Waals surface area contributed by atoms with Gasteiger partial charge in [0.05, 0.1) is 11.0 Å². The van der Waals surface area contributed by atoms with Crippen LogP contribution in [-0.4, -0.2) is 19.5 Å². The molecule has 14 rings (SSSR count). The molecule has 0 atom stereocenters. The number of para-hydroxylation sites is 1. The molecule has 0 spiro atoms. The van der Waals surface area contributed by atoms with Crippen LogP contribution in [-0.2, 0) is 10.8 Å². The Morgan fingerprint density at radius 3 is 1.66 bits per heavy atom. The summed E-state index contributed by atoms with van der Waals surface area (Å²) >= 11 is 0. The summed E-state index contributed by atoms with van der Waals surface area (Å²) in [6, 6.07) is 66.5. The number of benzene rings is 10. The van der Waals surface area contributed by atoms with Crippen LogP contribution >= 0.6 is 0 Å². The summed E-state index contributed by atoms with van der Waals surface area (Å²) in [4.78, 5) is 16.3. The molecule has 0 saturated heterocycles. The van der Waals surface area contributed by atoms with E-state index in [0.29, 0.717) is 17.6 Å². The van der Waals surface area contributed by atoms with Crippen molar-refractivity contribution in [3.8, 4) is 51.0 Å². The van der Waals surface area contributed by atoms with Crippen molar-refractivity contribution in [1.29, 1.82) is 0 Å². The third-order valence-corrected chi connectivity index (χ3v) is 15.0. The Balaban J connectivity index is 1.10.